The summed E-state index contributed by atoms with van der Waals surface area (Å²) in [6.07, 6.45) is 1.04. The first-order valence-electron chi connectivity index (χ1n) is 7.87. The number of hydrogen-bond acceptors (Lipinski definition) is 2. The molecule has 1 heterocycles. The van der Waals surface area contributed by atoms with Crippen LogP contribution in [0.5, 0.6) is 0 Å². The smallest absolute Gasteiger partial charge is 0.307 e. The summed E-state index contributed by atoms with van der Waals surface area (Å²) in [6.45, 7) is 5.12. The molecule has 0 saturated heterocycles. The van der Waals surface area contributed by atoms with Crippen molar-refractivity contribution in [1.29, 1.82) is 0 Å². The molecular weight excluding hydrogens is 288 g/mol. The molecule has 4 nitrogen and oxygen atoms in total. The number of carboxylic acids is 1. The van der Waals surface area contributed by atoms with Crippen LogP contribution >= 0.6 is 0 Å². The standard InChI is InChI=1S/C19H20N2O2/c1-3-10-21-17-9-8-14(12-18(22)23)11-16(17)20-19(21)15-7-5-4-6-13(15)2/h4-9,11H,3,10,12H2,1-2H3,(H,22,23). The first kappa shape index (κ1) is 15.3. The molecule has 2 aromatic carbocycles. The summed E-state index contributed by atoms with van der Waals surface area (Å²) in [4.78, 5) is 15.7. The molecule has 0 radical (unpaired) electrons. The van der Waals surface area contributed by atoms with Crippen molar-refractivity contribution < 1.29 is 9.90 Å². The minimum atomic E-state index is -0.823. The lowest BCUT2D eigenvalue weighted by atomic mass is 10.1. The van der Waals surface area contributed by atoms with Gasteiger partial charge in [0.2, 0.25) is 0 Å². The molecule has 0 aliphatic carbocycles. The number of carboxylic acid groups (broad SMARTS) is 1. The Hall–Kier alpha value is -2.62. The highest BCUT2D eigenvalue weighted by Gasteiger charge is 2.14. The Bertz CT molecular complexity index is 865. The Morgan fingerprint density at radius 2 is 2.00 bits per heavy atom. The van der Waals surface area contributed by atoms with Gasteiger partial charge in [0.05, 0.1) is 17.5 Å². The molecule has 0 unspecified atom stereocenters. The van der Waals surface area contributed by atoms with Gasteiger partial charge in [-0.25, -0.2) is 4.98 Å². The van der Waals surface area contributed by atoms with E-state index in [4.69, 9.17) is 10.1 Å². The van der Waals surface area contributed by atoms with E-state index >= 15 is 0 Å². The fraction of sp³-hybridized carbons (Fsp3) is 0.263. The van der Waals surface area contributed by atoms with Gasteiger partial charge in [-0.3, -0.25) is 4.79 Å². The highest BCUT2D eigenvalue weighted by molar-refractivity contribution is 5.83. The average molecular weight is 308 g/mol. The predicted octanol–water partition coefficient (Wildman–Crippen LogP) is 4.05. The summed E-state index contributed by atoms with van der Waals surface area (Å²) < 4.78 is 2.22. The van der Waals surface area contributed by atoms with Gasteiger partial charge < -0.3 is 9.67 Å². The van der Waals surface area contributed by atoms with Gasteiger partial charge in [0.15, 0.2) is 0 Å². The highest BCUT2D eigenvalue weighted by Crippen LogP contribution is 2.28. The average Bonchev–Trinajstić information content (AvgIpc) is 2.85. The SMILES string of the molecule is CCCn1c(-c2ccccc2C)nc2cc(CC(=O)O)ccc21. The number of hydrogen-bond donors (Lipinski definition) is 1. The molecule has 0 atom stereocenters. The van der Waals surface area contributed by atoms with Gasteiger partial charge in [0, 0.05) is 12.1 Å². The molecule has 0 aliphatic heterocycles. The third-order valence-corrected chi connectivity index (χ3v) is 4.00. The Morgan fingerprint density at radius 3 is 2.70 bits per heavy atom. The topological polar surface area (TPSA) is 55.1 Å². The number of carbonyl (C=O) groups is 1. The van der Waals surface area contributed by atoms with Gasteiger partial charge in [-0.2, -0.15) is 0 Å². The second kappa shape index (κ2) is 6.24. The molecule has 0 amide bonds. The van der Waals surface area contributed by atoms with Crippen LogP contribution in [0.2, 0.25) is 0 Å². The first-order valence-corrected chi connectivity index (χ1v) is 7.87. The van der Waals surface area contributed by atoms with Gasteiger partial charge in [0.1, 0.15) is 5.82 Å². The molecule has 23 heavy (non-hydrogen) atoms. The summed E-state index contributed by atoms with van der Waals surface area (Å²) in [6, 6.07) is 14.0. The maximum absolute atomic E-state index is 10.9. The van der Waals surface area contributed by atoms with Gasteiger partial charge in [-0.15, -0.1) is 0 Å². The molecule has 1 aromatic heterocycles. The number of rotatable bonds is 5. The van der Waals surface area contributed by atoms with E-state index in [1.54, 1.807) is 0 Å². The van der Waals surface area contributed by atoms with Crippen LogP contribution in [0.1, 0.15) is 24.5 Å². The van der Waals surface area contributed by atoms with E-state index in [1.807, 2.05) is 30.3 Å². The Balaban J connectivity index is 2.19. The molecule has 3 rings (SSSR count). The van der Waals surface area contributed by atoms with Crippen molar-refractivity contribution in [3.63, 3.8) is 0 Å². The zero-order valence-electron chi connectivity index (χ0n) is 13.4. The summed E-state index contributed by atoms with van der Waals surface area (Å²) >= 11 is 0. The minimum absolute atomic E-state index is 0.0241. The molecule has 118 valence electrons. The fourth-order valence-corrected chi connectivity index (χ4v) is 2.94. The Morgan fingerprint density at radius 1 is 1.22 bits per heavy atom. The Kier molecular flexibility index (Phi) is 4.15. The van der Waals surface area contributed by atoms with Crippen molar-refractivity contribution in [2.75, 3.05) is 0 Å². The summed E-state index contributed by atoms with van der Waals surface area (Å²) in [5.41, 5.74) is 5.00. The number of benzene rings is 2. The number of fused-ring (bicyclic) bond motifs is 1. The van der Waals surface area contributed by atoms with E-state index in [0.717, 1.165) is 41.0 Å². The van der Waals surface area contributed by atoms with E-state index in [-0.39, 0.29) is 6.42 Å². The van der Waals surface area contributed by atoms with Gasteiger partial charge >= 0.3 is 5.97 Å². The van der Waals surface area contributed by atoms with Crippen LogP contribution in [0.15, 0.2) is 42.5 Å². The van der Waals surface area contributed by atoms with Crippen LogP contribution in [-0.2, 0) is 17.8 Å². The normalized spacial score (nSPS) is 11.0. The van der Waals surface area contributed by atoms with Gasteiger partial charge in [-0.05, 0) is 36.6 Å². The summed E-state index contributed by atoms with van der Waals surface area (Å²) in [7, 11) is 0. The molecule has 0 bridgehead atoms. The van der Waals surface area contributed by atoms with E-state index in [0.29, 0.717) is 0 Å². The first-order chi connectivity index (χ1) is 11.1. The number of aromatic nitrogens is 2. The Labute approximate surface area is 135 Å². The number of aryl methyl sites for hydroxylation is 2. The van der Waals surface area contributed by atoms with E-state index in [2.05, 4.69) is 30.5 Å². The lowest BCUT2D eigenvalue weighted by molar-refractivity contribution is -0.136. The molecule has 4 heteroatoms. The van der Waals surface area contributed by atoms with Crippen molar-refractivity contribution >= 4 is 17.0 Å². The second-order valence-corrected chi connectivity index (χ2v) is 5.80. The van der Waals surface area contributed by atoms with Crippen LogP contribution in [0.3, 0.4) is 0 Å². The van der Waals surface area contributed by atoms with Crippen LogP contribution in [0.25, 0.3) is 22.4 Å². The van der Waals surface area contributed by atoms with Crippen molar-refractivity contribution in [2.45, 2.75) is 33.2 Å². The predicted molar refractivity (Wildman–Crippen MR) is 91.5 cm³/mol. The maximum atomic E-state index is 10.9. The third-order valence-electron chi connectivity index (χ3n) is 4.00. The molecule has 0 spiro atoms. The lowest BCUT2D eigenvalue weighted by Crippen LogP contribution is -2.01. The monoisotopic (exact) mass is 308 g/mol. The van der Waals surface area contributed by atoms with Crippen molar-refractivity contribution in [3.05, 3.63) is 53.6 Å². The van der Waals surface area contributed by atoms with Gasteiger partial charge in [-0.1, -0.05) is 37.3 Å². The van der Waals surface area contributed by atoms with Crippen LogP contribution in [-0.4, -0.2) is 20.6 Å². The van der Waals surface area contributed by atoms with Crippen LogP contribution in [0, 0.1) is 6.92 Å². The number of aliphatic carboxylic acids is 1. The minimum Gasteiger partial charge on any atom is -0.481 e. The van der Waals surface area contributed by atoms with Crippen molar-refractivity contribution in [2.24, 2.45) is 0 Å². The third kappa shape index (κ3) is 2.97. The van der Waals surface area contributed by atoms with Crippen molar-refractivity contribution in [3.8, 4) is 11.4 Å². The molecule has 0 fully saturated rings. The zero-order chi connectivity index (χ0) is 16.4. The summed E-state index contributed by atoms with van der Waals surface area (Å²) in [5.74, 6) is 0.129. The molecular formula is C19H20N2O2. The van der Waals surface area contributed by atoms with E-state index in [9.17, 15) is 4.79 Å². The van der Waals surface area contributed by atoms with Crippen molar-refractivity contribution in [1.82, 2.24) is 9.55 Å². The quantitative estimate of drug-likeness (QED) is 0.773. The van der Waals surface area contributed by atoms with Gasteiger partial charge in [0.25, 0.3) is 0 Å². The fourth-order valence-electron chi connectivity index (χ4n) is 2.94. The maximum Gasteiger partial charge on any atom is 0.307 e. The second-order valence-electron chi connectivity index (χ2n) is 5.80. The molecule has 1 N–H and O–H groups in total. The van der Waals surface area contributed by atoms with Crippen LogP contribution < -0.4 is 0 Å². The molecule has 0 aliphatic rings. The number of nitrogens with zero attached hydrogens (tertiary/aromatic N) is 2. The lowest BCUT2D eigenvalue weighted by Gasteiger charge is -2.09. The zero-order valence-corrected chi connectivity index (χ0v) is 13.4. The molecule has 0 saturated carbocycles. The highest BCUT2D eigenvalue weighted by atomic mass is 16.4. The van der Waals surface area contributed by atoms with Crippen LogP contribution in [0.4, 0.5) is 0 Å². The largest absolute Gasteiger partial charge is 0.481 e. The summed E-state index contributed by atoms with van der Waals surface area (Å²) in [5, 5.41) is 8.97. The molecule has 3 aromatic rings. The van der Waals surface area contributed by atoms with E-state index < -0.39 is 5.97 Å². The number of imidazole rings is 1. The van der Waals surface area contributed by atoms with E-state index in [1.165, 1.54) is 5.56 Å².